The zero-order valence-electron chi connectivity index (χ0n) is 17.1. The highest BCUT2D eigenvalue weighted by molar-refractivity contribution is 6.07. The van der Waals surface area contributed by atoms with Crippen LogP contribution in [0.1, 0.15) is 11.1 Å². The van der Waals surface area contributed by atoms with E-state index in [0.717, 1.165) is 31.9 Å². The average molecular weight is 422 g/mol. The molecule has 0 atom stereocenters. The summed E-state index contributed by atoms with van der Waals surface area (Å²) in [5.41, 5.74) is 1.94. The number of aryl methyl sites for hydroxylation is 1. The van der Waals surface area contributed by atoms with Crippen LogP contribution >= 0.6 is 0 Å². The minimum atomic E-state index is -0.727. The number of benzene rings is 3. The molecule has 0 spiro atoms. The van der Waals surface area contributed by atoms with Crippen LogP contribution in [-0.2, 0) is 0 Å². The van der Waals surface area contributed by atoms with Crippen LogP contribution in [0.5, 0.6) is 5.88 Å². The normalized spacial score (nSPS) is 11.5. The Hall–Kier alpha value is -4.52. The Morgan fingerprint density at radius 2 is 1.59 bits per heavy atom. The Balaban J connectivity index is 1.74. The molecular weight excluding hydrogens is 404 g/mol. The van der Waals surface area contributed by atoms with Gasteiger partial charge in [0.15, 0.2) is 0 Å². The minimum absolute atomic E-state index is 0.115. The molecule has 0 amide bonds. The Morgan fingerprint density at radius 1 is 0.938 bits per heavy atom. The van der Waals surface area contributed by atoms with Crippen molar-refractivity contribution in [3.05, 3.63) is 105 Å². The molecule has 2 heterocycles. The maximum absolute atomic E-state index is 12.5. The van der Waals surface area contributed by atoms with Gasteiger partial charge < -0.3 is 5.11 Å². The summed E-state index contributed by atoms with van der Waals surface area (Å²) in [6.07, 6.45) is 1.29. The van der Waals surface area contributed by atoms with Gasteiger partial charge in [-0.05, 0) is 36.8 Å². The first-order valence-electron chi connectivity index (χ1n) is 10.00. The lowest BCUT2D eigenvalue weighted by Gasteiger charge is -2.10. The molecule has 0 radical (unpaired) electrons. The SMILES string of the molecule is Cc1cccc(-n2c(O)c(C=Nc3c4ccccc4nc4ccccc34)c(=O)[nH]c2=O)c1. The summed E-state index contributed by atoms with van der Waals surface area (Å²) in [4.78, 5) is 36.5. The van der Waals surface area contributed by atoms with Gasteiger partial charge in [0.1, 0.15) is 5.56 Å². The van der Waals surface area contributed by atoms with Gasteiger partial charge in [-0.25, -0.2) is 14.3 Å². The zero-order chi connectivity index (χ0) is 22.2. The van der Waals surface area contributed by atoms with E-state index in [4.69, 9.17) is 0 Å². The molecule has 0 fully saturated rings. The predicted molar refractivity (Wildman–Crippen MR) is 126 cm³/mol. The van der Waals surface area contributed by atoms with Gasteiger partial charge in [0.05, 0.1) is 22.4 Å². The summed E-state index contributed by atoms with van der Waals surface area (Å²) in [7, 11) is 0. The molecule has 0 aliphatic rings. The van der Waals surface area contributed by atoms with E-state index in [2.05, 4.69) is 15.0 Å². The van der Waals surface area contributed by atoms with Crippen LogP contribution in [-0.4, -0.2) is 25.9 Å². The fourth-order valence-electron chi connectivity index (χ4n) is 3.75. The first-order valence-corrected chi connectivity index (χ1v) is 10.00. The highest BCUT2D eigenvalue weighted by atomic mass is 16.3. The zero-order valence-corrected chi connectivity index (χ0v) is 17.1. The Kier molecular flexibility index (Phi) is 4.63. The number of pyridine rings is 1. The second-order valence-electron chi connectivity index (χ2n) is 7.42. The maximum atomic E-state index is 12.5. The monoisotopic (exact) mass is 422 g/mol. The van der Waals surface area contributed by atoms with E-state index < -0.39 is 17.1 Å². The van der Waals surface area contributed by atoms with E-state index in [0.29, 0.717) is 11.4 Å². The molecule has 7 nitrogen and oxygen atoms in total. The van der Waals surface area contributed by atoms with Crippen LogP contribution in [0.2, 0.25) is 0 Å². The van der Waals surface area contributed by atoms with Crippen LogP contribution in [0.25, 0.3) is 27.5 Å². The van der Waals surface area contributed by atoms with Crippen LogP contribution in [0.3, 0.4) is 0 Å². The Labute approximate surface area is 182 Å². The number of aromatic nitrogens is 3. The lowest BCUT2D eigenvalue weighted by Crippen LogP contribution is -2.31. The maximum Gasteiger partial charge on any atom is 0.335 e. The molecular formula is C25H18N4O3. The van der Waals surface area contributed by atoms with E-state index in [1.807, 2.05) is 61.5 Å². The third kappa shape index (κ3) is 3.26. The molecule has 0 aliphatic heterocycles. The number of nitrogens with one attached hydrogen (secondary N) is 1. The number of H-pyrrole nitrogens is 1. The highest BCUT2D eigenvalue weighted by Gasteiger charge is 2.15. The lowest BCUT2D eigenvalue weighted by molar-refractivity contribution is 0.430. The van der Waals surface area contributed by atoms with E-state index in [1.165, 1.54) is 6.21 Å². The first kappa shape index (κ1) is 19.4. The Bertz CT molecular complexity index is 1590. The largest absolute Gasteiger partial charge is 0.493 e. The molecule has 0 bridgehead atoms. The van der Waals surface area contributed by atoms with Gasteiger partial charge in [-0.1, -0.05) is 48.5 Å². The number of rotatable bonds is 3. The van der Waals surface area contributed by atoms with Gasteiger partial charge in [0, 0.05) is 17.0 Å². The third-order valence-corrected chi connectivity index (χ3v) is 5.26. The van der Waals surface area contributed by atoms with Crippen molar-refractivity contribution in [2.45, 2.75) is 6.92 Å². The summed E-state index contributed by atoms with van der Waals surface area (Å²) < 4.78 is 1.05. The number of hydrogen-bond acceptors (Lipinski definition) is 5. The second kappa shape index (κ2) is 7.63. The first-order chi connectivity index (χ1) is 15.5. The molecule has 0 unspecified atom stereocenters. The summed E-state index contributed by atoms with van der Waals surface area (Å²) in [5, 5.41) is 12.5. The number of aliphatic imine (C=N–C) groups is 1. The van der Waals surface area contributed by atoms with Crippen molar-refractivity contribution < 1.29 is 5.11 Å². The fraction of sp³-hybridized carbons (Fsp3) is 0.0400. The summed E-state index contributed by atoms with van der Waals surface area (Å²) in [6.45, 7) is 1.87. The van der Waals surface area contributed by atoms with E-state index >= 15 is 0 Å². The lowest BCUT2D eigenvalue weighted by atomic mass is 10.1. The van der Waals surface area contributed by atoms with Gasteiger partial charge in [-0.3, -0.25) is 14.8 Å². The molecule has 0 saturated carbocycles. The summed E-state index contributed by atoms with van der Waals surface area (Å²) >= 11 is 0. The standard InChI is InChI=1S/C25H18N4O3/c1-15-7-6-8-16(13-15)29-24(31)19(23(30)28-25(29)32)14-26-22-17-9-2-4-11-20(17)27-21-12-5-3-10-18(21)22/h2-14,31H,1H3,(H,28,30,32). The number of para-hydroxylation sites is 2. The second-order valence-corrected chi connectivity index (χ2v) is 7.42. The average Bonchev–Trinajstić information content (AvgIpc) is 2.78. The number of hydrogen-bond donors (Lipinski definition) is 2. The van der Waals surface area contributed by atoms with Gasteiger partial charge in [0.2, 0.25) is 5.88 Å². The van der Waals surface area contributed by atoms with Crippen LogP contribution < -0.4 is 11.2 Å². The molecule has 156 valence electrons. The van der Waals surface area contributed by atoms with Crippen molar-refractivity contribution >= 4 is 33.7 Å². The molecule has 0 aliphatic carbocycles. The highest BCUT2D eigenvalue weighted by Crippen LogP contribution is 2.33. The number of aromatic amines is 1. The van der Waals surface area contributed by atoms with Crippen LogP contribution in [0, 0.1) is 6.92 Å². The molecule has 3 aromatic carbocycles. The van der Waals surface area contributed by atoms with E-state index in [-0.39, 0.29) is 5.56 Å². The summed E-state index contributed by atoms with van der Waals surface area (Å²) in [5.74, 6) is -0.476. The van der Waals surface area contributed by atoms with Crippen molar-refractivity contribution in [1.29, 1.82) is 0 Å². The van der Waals surface area contributed by atoms with Crippen molar-refractivity contribution in [3.63, 3.8) is 0 Å². The molecule has 5 rings (SSSR count). The molecule has 0 saturated heterocycles. The quantitative estimate of drug-likeness (QED) is 0.339. The minimum Gasteiger partial charge on any atom is -0.493 e. The molecule has 2 N–H and O–H groups in total. The van der Waals surface area contributed by atoms with Gasteiger partial charge in [0.25, 0.3) is 5.56 Å². The van der Waals surface area contributed by atoms with Crippen molar-refractivity contribution in [3.8, 4) is 11.6 Å². The van der Waals surface area contributed by atoms with E-state index in [9.17, 15) is 14.7 Å². The third-order valence-electron chi connectivity index (χ3n) is 5.26. The van der Waals surface area contributed by atoms with Gasteiger partial charge in [-0.15, -0.1) is 0 Å². The molecule has 7 heteroatoms. The fourth-order valence-corrected chi connectivity index (χ4v) is 3.75. The summed E-state index contributed by atoms with van der Waals surface area (Å²) in [6, 6.07) is 22.2. The number of fused-ring (bicyclic) bond motifs is 2. The molecule has 2 aromatic heterocycles. The van der Waals surface area contributed by atoms with Gasteiger partial charge in [-0.2, -0.15) is 0 Å². The van der Waals surface area contributed by atoms with Gasteiger partial charge >= 0.3 is 5.69 Å². The van der Waals surface area contributed by atoms with Crippen molar-refractivity contribution in [2.75, 3.05) is 0 Å². The van der Waals surface area contributed by atoms with Crippen LogP contribution in [0.15, 0.2) is 87.4 Å². The molecule has 32 heavy (non-hydrogen) atoms. The van der Waals surface area contributed by atoms with Crippen molar-refractivity contribution in [1.82, 2.24) is 14.5 Å². The topological polar surface area (TPSA) is 100 Å². The smallest absolute Gasteiger partial charge is 0.335 e. The van der Waals surface area contributed by atoms with E-state index in [1.54, 1.807) is 18.2 Å². The number of nitrogens with zero attached hydrogens (tertiary/aromatic N) is 3. The Morgan fingerprint density at radius 3 is 2.25 bits per heavy atom. The van der Waals surface area contributed by atoms with Crippen molar-refractivity contribution in [2.24, 2.45) is 4.99 Å². The van der Waals surface area contributed by atoms with Crippen LogP contribution in [0.4, 0.5) is 5.69 Å². The predicted octanol–water partition coefficient (Wildman–Crippen LogP) is 3.99. The molecule has 5 aromatic rings. The number of aromatic hydroxyl groups is 1.